The monoisotopic (exact) mass is 318 g/mol. The number of aryl methyl sites for hydroxylation is 1. The number of likely N-dealkylation sites (tertiary alicyclic amines) is 2. The molecule has 1 atom stereocenters. The summed E-state index contributed by atoms with van der Waals surface area (Å²) in [5, 5.41) is 7.99. The minimum atomic E-state index is -0.187. The summed E-state index contributed by atoms with van der Waals surface area (Å²) in [7, 11) is 1.75. The van der Waals surface area contributed by atoms with Gasteiger partial charge in [-0.3, -0.25) is 9.59 Å². The molecule has 124 valence electrons. The number of hydrogen-bond donors (Lipinski definition) is 0. The van der Waals surface area contributed by atoms with Gasteiger partial charge >= 0.3 is 0 Å². The van der Waals surface area contributed by atoms with Crippen molar-refractivity contribution in [3.63, 3.8) is 0 Å². The van der Waals surface area contributed by atoms with E-state index in [1.54, 1.807) is 11.9 Å². The lowest BCUT2D eigenvalue weighted by Gasteiger charge is -2.33. The molecule has 2 aliphatic heterocycles. The second-order valence-corrected chi connectivity index (χ2v) is 6.33. The molecule has 7 nitrogen and oxygen atoms in total. The van der Waals surface area contributed by atoms with Crippen molar-refractivity contribution in [2.24, 2.45) is 5.92 Å². The van der Waals surface area contributed by atoms with E-state index in [1.807, 2.05) is 24.0 Å². The summed E-state index contributed by atoms with van der Waals surface area (Å²) in [4.78, 5) is 27.5. The van der Waals surface area contributed by atoms with E-state index in [0.29, 0.717) is 31.9 Å². The average molecular weight is 318 g/mol. The smallest absolute Gasteiger partial charge is 0.233 e. The number of rotatable bonds is 3. The molecule has 0 spiro atoms. The lowest BCUT2D eigenvalue weighted by atomic mass is 10.0. The van der Waals surface area contributed by atoms with E-state index in [2.05, 4.69) is 10.2 Å². The first-order valence-corrected chi connectivity index (χ1v) is 8.02. The maximum Gasteiger partial charge on any atom is 0.233 e. The zero-order valence-electron chi connectivity index (χ0n) is 13.6. The van der Waals surface area contributed by atoms with Crippen LogP contribution in [0.1, 0.15) is 25.0 Å². The van der Waals surface area contributed by atoms with Crippen LogP contribution in [-0.4, -0.2) is 64.6 Å². The van der Waals surface area contributed by atoms with Crippen molar-refractivity contribution < 1.29 is 14.3 Å². The third kappa shape index (κ3) is 3.60. The first-order chi connectivity index (χ1) is 11.0. The van der Waals surface area contributed by atoms with Crippen LogP contribution in [0.25, 0.3) is 0 Å². The number of carbonyl (C=O) groups is 2. The second kappa shape index (κ2) is 6.52. The normalized spacial score (nSPS) is 22.5. The Kier molecular flexibility index (Phi) is 4.45. The molecule has 2 amide bonds. The topological polar surface area (TPSA) is 75.6 Å². The summed E-state index contributed by atoms with van der Waals surface area (Å²) in [5.41, 5.74) is 0.855. The molecule has 0 aromatic carbocycles. The molecule has 7 heteroatoms. The molecule has 1 aromatic heterocycles. The number of ether oxygens (including phenoxy) is 1. The Hall–Kier alpha value is -2.18. The van der Waals surface area contributed by atoms with Gasteiger partial charge in [-0.25, -0.2) is 0 Å². The Morgan fingerprint density at radius 1 is 1.26 bits per heavy atom. The third-order valence-corrected chi connectivity index (χ3v) is 4.50. The highest BCUT2D eigenvalue weighted by molar-refractivity contribution is 5.89. The van der Waals surface area contributed by atoms with Crippen LogP contribution in [0.4, 0.5) is 0 Å². The Morgan fingerprint density at radius 3 is 2.57 bits per heavy atom. The summed E-state index contributed by atoms with van der Waals surface area (Å²) in [6.07, 6.45) is 1.95. The van der Waals surface area contributed by atoms with Crippen LogP contribution in [0.15, 0.2) is 12.1 Å². The van der Waals surface area contributed by atoms with Gasteiger partial charge in [0.1, 0.15) is 6.10 Å². The molecule has 2 fully saturated rings. The van der Waals surface area contributed by atoms with Gasteiger partial charge in [-0.1, -0.05) is 0 Å². The van der Waals surface area contributed by atoms with Crippen LogP contribution in [-0.2, 0) is 9.59 Å². The number of carbonyl (C=O) groups excluding carboxylic acids is 2. The van der Waals surface area contributed by atoms with E-state index in [1.165, 1.54) is 0 Å². The van der Waals surface area contributed by atoms with Gasteiger partial charge in [-0.15, -0.1) is 5.10 Å². The summed E-state index contributed by atoms with van der Waals surface area (Å²) in [5.74, 6) is 0.493. The number of nitrogens with zero attached hydrogens (tertiary/aromatic N) is 4. The quantitative estimate of drug-likeness (QED) is 0.817. The number of hydrogen-bond acceptors (Lipinski definition) is 5. The van der Waals surface area contributed by atoms with Crippen LogP contribution in [0.5, 0.6) is 5.88 Å². The maximum atomic E-state index is 12.5. The zero-order valence-corrected chi connectivity index (χ0v) is 13.6. The van der Waals surface area contributed by atoms with Gasteiger partial charge in [0.25, 0.3) is 0 Å². The average Bonchev–Trinajstić information content (AvgIpc) is 2.89. The fourth-order valence-electron chi connectivity index (χ4n) is 3.10. The Labute approximate surface area is 135 Å². The Balaban J connectivity index is 1.49. The van der Waals surface area contributed by atoms with Crippen LogP contribution < -0.4 is 4.74 Å². The fraction of sp³-hybridized carbons (Fsp3) is 0.625. The highest BCUT2D eigenvalue weighted by Gasteiger charge is 2.36. The fourth-order valence-corrected chi connectivity index (χ4v) is 3.10. The van der Waals surface area contributed by atoms with Gasteiger partial charge in [-0.05, 0) is 13.0 Å². The van der Waals surface area contributed by atoms with Crippen molar-refractivity contribution in [2.75, 3.05) is 26.7 Å². The van der Waals surface area contributed by atoms with Crippen LogP contribution in [0.2, 0.25) is 0 Å². The van der Waals surface area contributed by atoms with Crippen LogP contribution in [0, 0.1) is 12.8 Å². The molecular formula is C16H22N4O3. The zero-order chi connectivity index (χ0) is 16.4. The van der Waals surface area contributed by atoms with Crippen molar-refractivity contribution in [1.82, 2.24) is 20.0 Å². The minimum absolute atomic E-state index is 0.0551. The van der Waals surface area contributed by atoms with Gasteiger partial charge in [0.05, 0.1) is 11.6 Å². The number of piperidine rings is 1. The van der Waals surface area contributed by atoms with Crippen LogP contribution >= 0.6 is 0 Å². The molecule has 3 heterocycles. The van der Waals surface area contributed by atoms with Gasteiger partial charge < -0.3 is 14.5 Å². The molecule has 0 saturated carbocycles. The van der Waals surface area contributed by atoms with Gasteiger partial charge in [0, 0.05) is 52.0 Å². The Bertz CT molecular complexity index is 581. The van der Waals surface area contributed by atoms with E-state index in [0.717, 1.165) is 18.5 Å². The van der Waals surface area contributed by atoms with Gasteiger partial charge in [0.15, 0.2) is 0 Å². The predicted molar refractivity (Wildman–Crippen MR) is 82.7 cm³/mol. The number of amides is 2. The summed E-state index contributed by atoms with van der Waals surface area (Å²) < 4.78 is 5.82. The molecule has 1 unspecified atom stereocenters. The summed E-state index contributed by atoms with van der Waals surface area (Å²) in [6.45, 7) is 3.74. The van der Waals surface area contributed by atoms with Crippen molar-refractivity contribution in [1.29, 1.82) is 0 Å². The van der Waals surface area contributed by atoms with E-state index in [9.17, 15) is 9.59 Å². The summed E-state index contributed by atoms with van der Waals surface area (Å²) in [6, 6.07) is 3.69. The largest absolute Gasteiger partial charge is 0.473 e. The van der Waals surface area contributed by atoms with Crippen molar-refractivity contribution >= 4 is 11.8 Å². The lowest BCUT2D eigenvalue weighted by molar-refractivity contribution is -0.137. The van der Waals surface area contributed by atoms with Gasteiger partial charge in [-0.2, -0.15) is 5.10 Å². The molecular weight excluding hydrogens is 296 g/mol. The first kappa shape index (κ1) is 15.7. The van der Waals surface area contributed by atoms with Crippen molar-refractivity contribution in [2.45, 2.75) is 32.3 Å². The highest BCUT2D eigenvalue weighted by atomic mass is 16.5. The molecule has 1 aromatic rings. The minimum Gasteiger partial charge on any atom is -0.473 e. The van der Waals surface area contributed by atoms with Gasteiger partial charge in [0.2, 0.25) is 17.7 Å². The van der Waals surface area contributed by atoms with E-state index < -0.39 is 0 Å². The standard InChI is InChI=1S/C16H22N4O3/c1-11-3-4-14(18-17-11)23-13-5-7-20(8-6-13)16(22)12-9-15(21)19(2)10-12/h3-4,12-13H,5-10H2,1-2H3. The van der Waals surface area contributed by atoms with E-state index in [4.69, 9.17) is 4.74 Å². The SMILES string of the molecule is Cc1ccc(OC2CCN(C(=O)C3CC(=O)N(C)C3)CC2)nn1. The molecule has 2 saturated heterocycles. The molecule has 3 rings (SSSR count). The maximum absolute atomic E-state index is 12.5. The summed E-state index contributed by atoms with van der Waals surface area (Å²) >= 11 is 0. The van der Waals surface area contributed by atoms with E-state index in [-0.39, 0.29) is 23.8 Å². The number of aromatic nitrogens is 2. The molecule has 0 aliphatic carbocycles. The highest BCUT2D eigenvalue weighted by Crippen LogP contribution is 2.22. The van der Waals surface area contributed by atoms with E-state index >= 15 is 0 Å². The second-order valence-electron chi connectivity index (χ2n) is 6.33. The first-order valence-electron chi connectivity index (χ1n) is 8.02. The lowest BCUT2D eigenvalue weighted by Crippen LogP contribution is -2.44. The Morgan fingerprint density at radius 2 is 2.00 bits per heavy atom. The predicted octanol–water partition coefficient (Wildman–Crippen LogP) is 0.633. The third-order valence-electron chi connectivity index (χ3n) is 4.50. The molecule has 2 aliphatic rings. The van der Waals surface area contributed by atoms with Crippen LogP contribution in [0.3, 0.4) is 0 Å². The van der Waals surface area contributed by atoms with Crippen molar-refractivity contribution in [3.05, 3.63) is 17.8 Å². The van der Waals surface area contributed by atoms with Crippen molar-refractivity contribution in [3.8, 4) is 5.88 Å². The molecule has 0 bridgehead atoms. The molecule has 0 N–H and O–H groups in total. The molecule has 0 radical (unpaired) electrons. The molecule has 23 heavy (non-hydrogen) atoms.